The molecule has 1 atom stereocenters. The summed E-state index contributed by atoms with van der Waals surface area (Å²) in [4.78, 5) is 27.7. The lowest BCUT2D eigenvalue weighted by molar-refractivity contribution is -0.139. The van der Waals surface area contributed by atoms with Gasteiger partial charge in [-0.1, -0.05) is 31.2 Å². The summed E-state index contributed by atoms with van der Waals surface area (Å²) >= 11 is 0. The van der Waals surface area contributed by atoms with Crippen LogP contribution in [0.5, 0.6) is 11.5 Å². The number of amides is 2. The van der Waals surface area contributed by atoms with E-state index in [1.165, 1.54) is 25.2 Å². The number of hydrogen-bond donors (Lipinski definition) is 1. The van der Waals surface area contributed by atoms with Crippen molar-refractivity contribution in [3.05, 3.63) is 53.6 Å². The average molecular weight is 506 g/mol. The van der Waals surface area contributed by atoms with Gasteiger partial charge in [-0.25, -0.2) is 8.42 Å². The van der Waals surface area contributed by atoms with Gasteiger partial charge in [0.25, 0.3) is 0 Å². The average Bonchev–Trinajstić information content (AvgIpc) is 2.83. The minimum atomic E-state index is -3.84. The van der Waals surface area contributed by atoms with Crippen LogP contribution in [0.25, 0.3) is 0 Å². The molecule has 0 bridgehead atoms. The molecule has 0 spiro atoms. The minimum Gasteiger partial charge on any atom is -0.493 e. The zero-order valence-electron chi connectivity index (χ0n) is 21.2. The number of benzene rings is 2. The smallest absolute Gasteiger partial charge is 0.244 e. The topological polar surface area (TPSA) is 105 Å². The van der Waals surface area contributed by atoms with Crippen molar-refractivity contribution in [1.82, 2.24) is 10.2 Å². The zero-order valence-corrected chi connectivity index (χ0v) is 22.0. The highest BCUT2D eigenvalue weighted by Crippen LogP contribution is 2.32. The van der Waals surface area contributed by atoms with Gasteiger partial charge in [0.2, 0.25) is 21.8 Å². The fraction of sp³-hybridized carbons (Fsp3) is 0.440. The second kappa shape index (κ2) is 12.4. The van der Waals surface area contributed by atoms with Gasteiger partial charge < -0.3 is 19.7 Å². The fourth-order valence-corrected chi connectivity index (χ4v) is 4.38. The van der Waals surface area contributed by atoms with Crippen molar-refractivity contribution < 1.29 is 27.5 Å². The number of ether oxygens (including phenoxy) is 2. The van der Waals surface area contributed by atoms with E-state index in [2.05, 4.69) is 5.32 Å². The number of nitrogens with one attached hydrogen (secondary N) is 1. The van der Waals surface area contributed by atoms with Crippen molar-refractivity contribution in [2.45, 2.75) is 39.8 Å². The predicted octanol–water partition coefficient (Wildman–Crippen LogP) is 2.72. The molecule has 0 radical (unpaired) electrons. The summed E-state index contributed by atoms with van der Waals surface area (Å²) < 4.78 is 36.9. The molecule has 0 unspecified atom stereocenters. The SMILES string of the molecule is CCCNC(=O)[C@H](C)N(Cc1ccccc1C)C(=O)CN(c1ccc(OC)c(OC)c1)S(C)(=O)=O. The highest BCUT2D eigenvalue weighted by atomic mass is 32.2. The van der Waals surface area contributed by atoms with Crippen LogP contribution < -0.4 is 19.1 Å². The van der Waals surface area contributed by atoms with Gasteiger partial charge in [-0.05, 0) is 43.5 Å². The van der Waals surface area contributed by atoms with Crippen LogP contribution in [0.15, 0.2) is 42.5 Å². The highest BCUT2D eigenvalue weighted by Gasteiger charge is 2.30. The van der Waals surface area contributed by atoms with E-state index < -0.39 is 28.5 Å². The third kappa shape index (κ3) is 7.35. The third-order valence-corrected chi connectivity index (χ3v) is 6.79. The number of anilines is 1. The van der Waals surface area contributed by atoms with Crippen LogP contribution in [-0.2, 0) is 26.2 Å². The molecule has 2 rings (SSSR count). The molecule has 0 saturated carbocycles. The number of rotatable bonds is 12. The molecule has 2 amide bonds. The molecule has 2 aromatic carbocycles. The summed E-state index contributed by atoms with van der Waals surface area (Å²) in [6.45, 7) is 5.67. The summed E-state index contributed by atoms with van der Waals surface area (Å²) in [5, 5.41) is 2.82. The van der Waals surface area contributed by atoms with E-state index >= 15 is 0 Å². The Labute approximate surface area is 208 Å². The van der Waals surface area contributed by atoms with Crippen molar-refractivity contribution in [3.8, 4) is 11.5 Å². The Balaban J connectivity index is 2.43. The first kappa shape index (κ1) is 28.0. The van der Waals surface area contributed by atoms with Crippen LogP contribution in [0, 0.1) is 6.92 Å². The Morgan fingerprint density at radius 3 is 2.29 bits per heavy atom. The van der Waals surface area contributed by atoms with Gasteiger partial charge >= 0.3 is 0 Å². The second-order valence-electron chi connectivity index (χ2n) is 8.22. The molecule has 2 aromatic rings. The van der Waals surface area contributed by atoms with E-state index in [-0.39, 0.29) is 18.1 Å². The quantitative estimate of drug-likeness (QED) is 0.476. The number of carbonyl (C=O) groups is 2. The van der Waals surface area contributed by atoms with Crippen molar-refractivity contribution in [3.63, 3.8) is 0 Å². The van der Waals surface area contributed by atoms with Gasteiger partial charge in [0.15, 0.2) is 11.5 Å². The van der Waals surface area contributed by atoms with Crippen molar-refractivity contribution in [2.24, 2.45) is 0 Å². The molecule has 9 nitrogen and oxygen atoms in total. The molecular formula is C25H35N3O6S. The van der Waals surface area contributed by atoms with Crippen molar-refractivity contribution >= 4 is 27.5 Å². The van der Waals surface area contributed by atoms with E-state index in [1.807, 2.05) is 38.1 Å². The molecular weight excluding hydrogens is 470 g/mol. The molecule has 0 saturated heterocycles. The summed E-state index contributed by atoms with van der Waals surface area (Å²) in [7, 11) is -0.925. The maximum atomic E-state index is 13.6. The Morgan fingerprint density at radius 1 is 1.06 bits per heavy atom. The van der Waals surface area contributed by atoms with Crippen LogP contribution in [0.4, 0.5) is 5.69 Å². The lowest BCUT2D eigenvalue weighted by Crippen LogP contribution is -2.51. The second-order valence-corrected chi connectivity index (χ2v) is 10.1. The van der Waals surface area contributed by atoms with Gasteiger partial charge in [-0.2, -0.15) is 0 Å². The number of aryl methyl sites for hydroxylation is 1. The summed E-state index contributed by atoms with van der Waals surface area (Å²) in [5.74, 6) is -0.0491. The van der Waals surface area contributed by atoms with Gasteiger partial charge in [-0.15, -0.1) is 0 Å². The molecule has 1 N–H and O–H groups in total. The number of carbonyl (C=O) groups excluding carboxylic acids is 2. The molecule has 35 heavy (non-hydrogen) atoms. The first-order valence-corrected chi connectivity index (χ1v) is 13.2. The number of sulfonamides is 1. The lowest BCUT2D eigenvalue weighted by Gasteiger charge is -2.32. The maximum absolute atomic E-state index is 13.6. The molecule has 0 fully saturated rings. The number of nitrogens with zero attached hydrogens (tertiary/aromatic N) is 2. The number of methoxy groups -OCH3 is 2. The van der Waals surface area contributed by atoms with E-state index in [4.69, 9.17) is 9.47 Å². The Hall–Kier alpha value is -3.27. The first-order chi connectivity index (χ1) is 16.5. The van der Waals surface area contributed by atoms with Crippen LogP contribution in [0.1, 0.15) is 31.4 Å². The Morgan fingerprint density at radius 2 is 1.71 bits per heavy atom. The van der Waals surface area contributed by atoms with Crippen LogP contribution in [0.3, 0.4) is 0 Å². The van der Waals surface area contributed by atoms with Crippen molar-refractivity contribution in [2.75, 3.05) is 37.9 Å². The van der Waals surface area contributed by atoms with E-state index in [9.17, 15) is 18.0 Å². The zero-order chi connectivity index (χ0) is 26.2. The van der Waals surface area contributed by atoms with Crippen LogP contribution in [0.2, 0.25) is 0 Å². The molecule has 0 aliphatic carbocycles. The Kier molecular flexibility index (Phi) is 9.94. The molecule has 192 valence electrons. The monoisotopic (exact) mass is 505 g/mol. The summed E-state index contributed by atoms with van der Waals surface area (Å²) in [6, 6.07) is 11.4. The molecule has 0 aliphatic heterocycles. The summed E-state index contributed by atoms with van der Waals surface area (Å²) in [5.41, 5.74) is 2.08. The van der Waals surface area contributed by atoms with Crippen LogP contribution in [-0.4, -0.2) is 64.7 Å². The predicted molar refractivity (Wildman–Crippen MR) is 136 cm³/mol. The van der Waals surface area contributed by atoms with Crippen LogP contribution >= 0.6 is 0 Å². The van der Waals surface area contributed by atoms with E-state index in [0.29, 0.717) is 18.0 Å². The molecule has 10 heteroatoms. The highest BCUT2D eigenvalue weighted by molar-refractivity contribution is 7.92. The first-order valence-electron chi connectivity index (χ1n) is 11.3. The minimum absolute atomic E-state index is 0.162. The largest absolute Gasteiger partial charge is 0.493 e. The fourth-order valence-electron chi connectivity index (χ4n) is 3.54. The van der Waals surface area contributed by atoms with Gasteiger partial charge in [0, 0.05) is 19.2 Å². The Bertz CT molecular complexity index is 1140. The molecule has 0 heterocycles. The number of hydrogen-bond acceptors (Lipinski definition) is 6. The van der Waals surface area contributed by atoms with Gasteiger partial charge in [0.1, 0.15) is 12.6 Å². The van der Waals surface area contributed by atoms with E-state index in [0.717, 1.165) is 28.1 Å². The van der Waals surface area contributed by atoms with E-state index in [1.54, 1.807) is 19.1 Å². The van der Waals surface area contributed by atoms with Crippen molar-refractivity contribution in [1.29, 1.82) is 0 Å². The maximum Gasteiger partial charge on any atom is 0.244 e. The van der Waals surface area contributed by atoms with Gasteiger partial charge in [-0.3, -0.25) is 13.9 Å². The molecule has 0 aromatic heterocycles. The third-order valence-electron chi connectivity index (χ3n) is 5.65. The molecule has 0 aliphatic rings. The summed E-state index contributed by atoms with van der Waals surface area (Å²) in [6.07, 6.45) is 1.78. The lowest BCUT2D eigenvalue weighted by atomic mass is 10.1. The van der Waals surface area contributed by atoms with Gasteiger partial charge in [0.05, 0.1) is 26.2 Å². The standard InChI is InChI=1S/C25H35N3O6S/c1-7-14-26-25(30)19(3)27(16-20-11-9-8-10-18(20)2)24(29)17-28(35(6,31)32)21-12-13-22(33-4)23(15-21)34-5/h8-13,15,19H,7,14,16-17H2,1-6H3,(H,26,30)/t19-/m0/s1. The normalized spacial score (nSPS) is 11.9.